The smallest absolute Gasteiger partial charge is 0.324 e. The highest BCUT2D eigenvalue weighted by Gasteiger charge is 2.15. The average Bonchev–Trinajstić information content (AvgIpc) is 2.81. The molecule has 0 saturated carbocycles. The van der Waals surface area contributed by atoms with Crippen LogP contribution >= 0.6 is 8.60 Å². The van der Waals surface area contributed by atoms with Crippen LogP contribution in [0.5, 0.6) is 11.5 Å². The van der Waals surface area contributed by atoms with Gasteiger partial charge in [0.2, 0.25) is 0 Å². The van der Waals surface area contributed by atoms with E-state index >= 15 is 0 Å². The van der Waals surface area contributed by atoms with Crippen LogP contribution in [0.1, 0.15) is 44.5 Å². The fourth-order valence-corrected chi connectivity index (χ4v) is 4.24. The minimum atomic E-state index is -2.62. The third-order valence-corrected chi connectivity index (χ3v) is 5.68. The van der Waals surface area contributed by atoms with Crippen LogP contribution in [0.4, 0.5) is 0 Å². The maximum Gasteiger partial charge on any atom is 0.324 e. The topological polar surface area (TPSA) is 101 Å². The first-order chi connectivity index (χ1) is 16.7. The largest absolute Gasteiger partial charge is 0.507 e. The van der Waals surface area contributed by atoms with E-state index < -0.39 is 8.60 Å². The van der Waals surface area contributed by atoms with Crippen molar-refractivity contribution < 1.29 is 24.9 Å². The van der Waals surface area contributed by atoms with Crippen LogP contribution in [-0.2, 0) is 19.3 Å². The van der Waals surface area contributed by atoms with Gasteiger partial charge >= 0.3 is 8.60 Å². The van der Waals surface area contributed by atoms with Gasteiger partial charge in [0.25, 0.3) is 0 Å². The molecule has 0 aliphatic rings. The van der Waals surface area contributed by atoms with Crippen LogP contribution < -0.4 is 0 Å². The molecule has 35 heavy (non-hydrogen) atoms. The molecular formula is C29H31O5P. The van der Waals surface area contributed by atoms with E-state index in [0.717, 1.165) is 44.5 Å². The molecule has 0 aliphatic heterocycles. The minimum Gasteiger partial charge on any atom is -0.507 e. The maximum absolute atomic E-state index is 11.0. The molecule has 0 unspecified atom stereocenters. The summed E-state index contributed by atoms with van der Waals surface area (Å²) in [5.41, 5.74) is 8.06. The van der Waals surface area contributed by atoms with Crippen LogP contribution in [0.25, 0.3) is 0 Å². The summed E-state index contributed by atoms with van der Waals surface area (Å²) in [6.07, 6.45) is 1.85. The van der Waals surface area contributed by atoms with Gasteiger partial charge in [-0.3, -0.25) is 0 Å². The Morgan fingerprint density at radius 3 is 1.11 bits per heavy atom. The fourth-order valence-electron chi connectivity index (χ4n) is 4.24. The molecule has 0 atom stereocenters. The van der Waals surface area contributed by atoms with E-state index in [9.17, 15) is 10.2 Å². The van der Waals surface area contributed by atoms with Crippen molar-refractivity contribution in [1.82, 2.24) is 0 Å². The standard InChI is InChI=1S/C29H28O2.H3O3P/c1-20-13-24(17-22-9-5-3-6-10-22)28(30)26(15-20)19-27-16-21(2)14-25(29(27)31)18-23-11-7-4-8-12-23;1-4(2)3/h3-16,30-31H,17-19H2,1-2H3;1-3H. The van der Waals surface area contributed by atoms with E-state index in [1.54, 1.807) is 0 Å². The quantitative estimate of drug-likeness (QED) is 0.224. The summed E-state index contributed by atoms with van der Waals surface area (Å²) in [5.74, 6) is 0.639. The van der Waals surface area contributed by atoms with Crippen molar-refractivity contribution in [3.63, 3.8) is 0 Å². The van der Waals surface area contributed by atoms with E-state index in [1.165, 1.54) is 0 Å². The third kappa shape index (κ3) is 7.91. The minimum absolute atomic E-state index is 0.319. The van der Waals surface area contributed by atoms with Crippen molar-refractivity contribution in [3.05, 3.63) is 129 Å². The summed E-state index contributed by atoms with van der Waals surface area (Å²) < 4.78 is 0. The van der Waals surface area contributed by atoms with Gasteiger partial charge in [0, 0.05) is 19.3 Å². The maximum atomic E-state index is 11.0. The van der Waals surface area contributed by atoms with Crippen LogP contribution in [0.2, 0.25) is 0 Å². The second-order valence-corrected chi connectivity index (χ2v) is 9.17. The number of aryl methyl sites for hydroxylation is 2. The molecule has 0 radical (unpaired) electrons. The van der Waals surface area contributed by atoms with Crippen LogP contribution in [-0.4, -0.2) is 24.9 Å². The van der Waals surface area contributed by atoms with Crippen molar-refractivity contribution in [3.8, 4) is 11.5 Å². The molecule has 4 aromatic rings. The molecule has 6 heteroatoms. The Kier molecular flexibility index (Phi) is 9.41. The molecule has 0 fully saturated rings. The van der Waals surface area contributed by atoms with Gasteiger partial charge in [-0.05, 0) is 47.2 Å². The molecule has 0 amide bonds. The number of hydrogen-bond acceptors (Lipinski definition) is 5. The van der Waals surface area contributed by atoms with Crippen LogP contribution in [0, 0.1) is 13.8 Å². The molecule has 5 N–H and O–H groups in total. The van der Waals surface area contributed by atoms with E-state index in [1.807, 2.05) is 74.5 Å². The van der Waals surface area contributed by atoms with Crippen LogP contribution in [0.15, 0.2) is 84.9 Å². The molecule has 0 saturated heterocycles. The number of benzene rings is 4. The van der Waals surface area contributed by atoms with Gasteiger partial charge in [-0.15, -0.1) is 0 Å². The Labute approximate surface area is 207 Å². The third-order valence-electron chi connectivity index (χ3n) is 5.68. The predicted octanol–water partition coefficient (Wildman–Crippen LogP) is 5.68. The summed E-state index contributed by atoms with van der Waals surface area (Å²) in [7, 11) is -2.62. The van der Waals surface area contributed by atoms with Gasteiger partial charge < -0.3 is 24.9 Å². The highest BCUT2D eigenvalue weighted by Crippen LogP contribution is 2.33. The lowest BCUT2D eigenvalue weighted by atomic mass is 9.92. The number of hydrogen-bond donors (Lipinski definition) is 5. The van der Waals surface area contributed by atoms with Crippen molar-refractivity contribution in [1.29, 1.82) is 0 Å². The average molecular weight is 491 g/mol. The Bertz CT molecular complexity index is 1140. The first-order valence-corrected chi connectivity index (χ1v) is 12.5. The van der Waals surface area contributed by atoms with Crippen molar-refractivity contribution in [2.24, 2.45) is 0 Å². The summed E-state index contributed by atoms with van der Waals surface area (Å²) in [6, 6.07) is 28.5. The number of phenolic OH excluding ortho intramolecular Hbond substituents is 2. The highest BCUT2D eigenvalue weighted by molar-refractivity contribution is 7.38. The van der Waals surface area contributed by atoms with Gasteiger partial charge in [0.1, 0.15) is 11.5 Å². The molecule has 0 bridgehead atoms. The lowest BCUT2D eigenvalue weighted by molar-refractivity contribution is 0.368. The second-order valence-electron chi connectivity index (χ2n) is 8.63. The van der Waals surface area contributed by atoms with Crippen LogP contribution in [0.3, 0.4) is 0 Å². The monoisotopic (exact) mass is 490 g/mol. The molecular weight excluding hydrogens is 459 g/mol. The van der Waals surface area contributed by atoms with E-state index in [2.05, 4.69) is 24.3 Å². The zero-order chi connectivity index (χ0) is 25.4. The van der Waals surface area contributed by atoms with Gasteiger partial charge in [-0.25, -0.2) is 0 Å². The molecule has 0 aliphatic carbocycles. The molecule has 182 valence electrons. The molecule has 4 aromatic carbocycles. The zero-order valence-corrected chi connectivity index (χ0v) is 20.8. The van der Waals surface area contributed by atoms with Gasteiger partial charge in [0.05, 0.1) is 0 Å². The van der Waals surface area contributed by atoms with Gasteiger partial charge in [-0.1, -0.05) is 96.1 Å². The van der Waals surface area contributed by atoms with Crippen molar-refractivity contribution in [2.45, 2.75) is 33.1 Å². The molecule has 0 heterocycles. The molecule has 5 nitrogen and oxygen atoms in total. The first kappa shape index (κ1) is 26.4. The highest BCUT2D eigenvalue weighted by atomic mass is 31.2. The Morgan fingerprint density at radius 1 is 0.514 bits per heavy atom. The predicted molar refractivity (Wildman–Crippen MR) is 141 cm³/mol. The summed E-state index contributed by atoms with van der Waals surface area (Å²) in [6.45, 7) is 4.10. The zero-order valence-electron chi connectivity index (χ0n) is 19.9. The summed E-state index contributed by atoms with van der Waals surface area (Å²) >= 11 is 0. The molecule has 4 rings (SSSR count). The van der Waals surface area contributed by atoms with E-state index in [0.29, 0.717) is 30.8 Å². The Balaban J connectivity index is 0.000000795. The van der Waals surface area contributed by atoms with Crippen molar-refractivity contribution in [2.75, 3.05) is 0 Å². The Morgan fingerprint density at radius 2 is 0.800 bits per heavy atom. The normalized spacial score (nSPS) is 10.7. The van der Waals surface area contributed by atoms with E-state index in [4.69, 9.17) is 14.7 Å². The summed E-state index contributed by atoms with van der Waals surface area (Å²) in [5, 5.41) is 22.0. The number of phenols is 2. The van der Waals surface area contributed by atoms with Crippen molar-refractivity contribution >= 4 is 8.60 Å². The fraction of sp³-hybridized carbons (Fsp3) is 0.172. The summed E-state index contributed by atoms with van der Waals surface area (Å²) in [4.78, 5) is 21.7. The second kappa shape index (κ2) is 12.5. The SMILES string of the molecule is Cc1cc(Cc2ccccc2)c(O)c(Cc2cc(C)cc(Cc3ccccc3)c2O)c1.OP(O)O. The molecule has 0 spiro atoms. The molecule has 0 aromatic heterocycles. The lowest BCUT2D eigenvalue weighted by Crippen LogP contribution is -1.99. The number of rotatable bonds is 6. The number of aromatic hydroxyl groups is 2. The van der Waals surface area contributed by atoms with E-state index in [-0.39, 0.29) is 0 Å². The first-order valence-electron chi connectivity index (χ1n) is 11.3. The Hall–Kier alpha value is -3.21. The lowest BCUT2D eigenvalue weighted by Gasteiger charge is -2.15. The van der Waals surface area contributed by atoms with Gasteiger partial charge in [-0.2, -0.15) is 0 Å². The van der Waals surface area contributed by atoms with Gasteiger partial charge in [0.15, 0.2) is 0 Å².